The van der Waals surface area contributed by atoms with Gasteiger partial charge in [0, 0.05) is 28.8 Å². The van der Waals surface area contributed by atoms with Gasteiger partial charge in [0.2, 0.25) is 0 Å². The third-order valence-electron chi connectivity index (χ3n) is 7.30. The number of unbranched alkanes of at least 4 members (excludes halogenated alkanes) is 4. The molecule has 4 rings (SSSR count). The molecule has 0 aliphatic carbocycles. The Morgan fingerprint density at radius 3 is 1.62 bits per heavy atom. The molecule has 0 saturated carbocycles. The van der Waals surface area contributed by atoms with Crippen molar-refractivity contribution in [2.75, 3.05) is 36.1 Å². The number of aromatic carboxylic acids is 1. The number of rotatable bonds is 17. The van der Waals surface area contributed by atoms with Crippen molar-refractivity contribution in [2.45, 2.75) is 44.6 Å². The molecule has 17 heteroatoms. The number of nitrogens with two attached hydrogens (primary N) is 4. The number of halogens is 4. The minimum atomic E-state index is -4.66. The number of anilines is 4. The van der Waals surface area contributed by atoms with Crippen LogP contribution in [0.1, 0.15) is 68.7 Å². The fourth-order valence-electron chi connectivity index (χ4n) is 4.64. The van der Waals surface area contributed by atoms with Crippen LogP contribution in [0.25, 0.3) is 6.08 Å². The Kier molecular flexibility index (Phi) is 16.5. The maximum atomic E-state index is 13.0. The van der Waals surface area contributed by atoms with Crippen molar-refractivity contribution in [2.24, 2.45) is 0 Å². The van der Waals surface area contributed by atoms with E-state index in [0.717, 1.165) is 43.5 Å². The number of esters is 3. The van der Waals surface area contributed by atoms with E-state index in [9.17, 15) is 36.7 Å². The molecular formula is C39H40F4N4O9. The van der Waals surface area contributed by atoms with Gasteiger partial charge in [0.25, 0.3) is 0 Å². The molecular weight excluding hydrogens is 744 g/mol. The third-order valence-corrected chi connectivity index (χ3v) is 7.30. The number of benzene rings is 4. The molecule has 0 heterocycles. The molecule has 0 spiro atoms. The average Bonchev–Trinajstić information content (AvgIpc) is 3.13. The molecule has 0 aliphatic heterocycles. The van der Waals surface area contributed by atoms with Crippen LogP contribution in [0.4, 0.5) is 40.3 Å². The van der Waals surface area contributed by atoms with Crippen LogP contribution in [0.2, 0.25) is 0 Å². The molecule has 4 aromatic carbocycles. The van der Waals surface area contributed by atoms with E-state index < -0.39 is 42.2 Å². The first-order valence-corrected chi connectivity index (χ1v) is 16.9. The lowest BCUT2D eigenvalue weighted by molar-refractivity contribution is -0.253. The van der Waals surface area contributed by atoms with Crippen LogP contribution in [0.5, 0.6) is 11.5 Å². The van der Waals surface area contributed by atoms with Crippen LogP contribution >= 0.6 is 0 Å². The maximum absolute atomic E-state index is 13.0. The molecule has 0 unspecified atom stereocenters. The van der Waals surface area contributed by atoms with Crippen LogP contribution < -0.4 is 32.4 Å². The SMILES string of the molecule is Nc1cc(N)cc(C(=O)O)c1.Nc1cc(N)cc(C(=O)OCCCCCCCOC(=O)C=Cc2ccc(OC(=O)c3ccc(OC(F)(F)C(F)F)cc3)cc2)c1. The monoisotopic (exact) mass is 784 g/mol. The van der Waals surface area contributed by atoms with Crippen LogP contribution in [0, 0.1) is 0 Å². The number of carbonyl (C=O) groups is 4. The standard InChI is InChI=1S/C32H32F4N2O7.C7H8N2O2/c33-31(34)32(35,36)45-27-13-9-22(10-14-27)30(41)44-26-11-6-21(7-12-26)8-15-28(39)42-16-4-2-1-3-5-17-43-29(40)23-18-24(37)20-25(38)19-23;8-5-1-4(7(10)11)2-6(9)3-5/h6-15,18-20,31H,1-5,16-17,37-38H2;1-3H,8-9H2,(H,10,11). The van der Waals surface area contributed by atoms with Crippen LogP contribution in [0.15, 0.2) is 91.0 Å². The van der Waals surface area contributed by atoms with Crippen LogP contribution in [0.3, 0.4) is 0 Å². The summed E-state index contributed by atoms with van der Waals surface area (Å²) < 4.78 is 70.1. The smallest absolute Gasteiger partial charge is 0.461 e. The molecule has 9 N–H and O–H groups in total. The topological polar surface area (TPSA) is 230 Å². The summed E-state index contributed by atoms with van der Waals surface area (Å²) in [4.78, 5) is 46.7. The van der Waals surface area contributed by atoms with E-state index in [1.807, 2.05) is 0 Å². The molecule has 0 fully saturated rings. The maximum Gasteiger partial charge on any atom is 0.461 e. The van der Waals surface area contributed by atoms with E-state index >= 15 is 0 Å². The summed E-state index contributed by atoms with van der Waals surface area (Å²) in [6.07, 6.45) is -1.93. The van der Waals surface area contributed by atoms with Gasteiger partial charge in [0.1, 0.15) is 11.5 Å². The number of alkyl halides is 4. The fourth-order valence-corrected chi connectivity index (χ4v) is 4.64. The molecule has 56 heavy (non-hydrogen) atoms. The number of carboxylic acids is 1. The number of hydrogen-bond donors (Lipinski definition) is 5. The Balaban J connectivity index is 0.000000655. The summed E-state index contributed by atoms with van der Waals surface area (Å²) in [7, 11) is 0. The van der Waals surface area contributed by atoms with Gasteiger partial charge in [0.15, 0.2) is 0 Å². The number of ether oxygens (including phenoxy) is 4. The Labute approximate surface area is 318 Å². The Morgan fingerprint density at radius 1 is 0.625 bits per heavy atom. The lowest BCUT2D eigenvalue weighted by Gasteiger charge is -2.16. The minimum absolute atomic E-state index is 0.0172. The lowest BCUT2D eigenvalue weighted by atomic mass is 10.1. The van der Waals surface area contributed by atoms with E-state index in [4.69, 9.17) is 42.3 Å². The molecule has 4 aromatic rings. The van der Waals surface area contributed by atoms with E-state index in [-0.39, 0.29) is 30.1 Å². The molecule has 0 bridgehead atoms. The van der Waals surface area contributed by atoms with Crippen molar-refractivity contribution < 1.29 is 60.8 Å². The highest BCUT2D eigenvalue weighted by atomic mass is 19.3. The van der Waals surface area contributed by atoms with Crippen LogP contribution in [-0.2, 0) is 14.3 Å². The molecule has 0 atom stereocenters. The predicted molar refractivity (Wildman–Crippen MR) is 200 cm³/mol. The van der Waals surface area contributed by atoms with Gasteiger partial charge in [0.05, 0.1) is 29.9 Å². The summed E-state index contributed by atoms with van der Waals surface area (Å²) in [5.74, 6) is -3.19. The van der Waals surface area contributed by atoms with Gasteiger partial charge in [-0.15, -0.1) is 0 Å². The molecule has 0 aromatic heterocycles. The van der Waals surface area contributed by atoms with E-state index in [2.05, 4.69) is 4.74 Å². The van der Waals surface area contributed by atoms with Gasteiger partial charge in [-0.2, -0.15) is 17.6 Å². The molecule has 0 saturated heterocycles. The third kappa shape index (κ3) is 15.3. The van der Waals surface area contributed by atoms with Crippen molar-refractivity contribution in [3.63, 3.8) is 0 Å². The first-order valence-electron chi connectivity index (χ1n) is 16.9. The number of carbonyl (C=O) groups excluding carboxylic acids is 3. The highest BCUT2D eigenvalue weighted by Crippen LogP contribution is 2.28. The summed E-state index contributed by atoms with van der Waals surface area (Å²) in [5.41, 5.74) is 24.6. The lowest BCUT2D eigenvalue weighted by Crippen LogP contribution is -2.33. The summed E-state index contributed by atoms with van der Waals surface area (Å²) in [6, 6.07) is 19.1. The number of nitrogen functional groups attached to an aromatic ring is 4. The normalized spacial score (nSPS) is 11.0. The Morgan fingerprint density at radius 2 is 1.11 bits per heavy atom. The Bertz CT molecular complexity index is 1940. The zero-order valence-electron chi connectivity index (χ0n) is 29.8. The van der Waals surface area contributed by atoms with E-state index in [0.29, 0.717) is 46.7 Å². The first-order chi connectivity index (χ1) is 26.5. The van der Waals surface area contributed by atoms with Crippen molar-refractivity contribution in [1.29, 1.82) is 0 Å². The molecule has 13 nitrogen and oxygen atoms in total. The van der Waals surface area contributed by atoms with Gasteiger partial charge in [-0.3, -0.25) is 0 Å². The highest BCUT2D eigenvalue weighted by molar-refractivity contribution is 5.92. The largest absolute Gasteiger partial charge is 0.478 e. The molecule has 0 radical (unpaired) electrons. The quantitative estimate of drug-likeness (QED) is 0.0178. The van der Waals surface area contributed by atoms with Crippen molar-refractivity contribution in [3.05, 3.63) is 113 Å². The van der Waals surface area contributed by atoms with Gasteiger partial charge in [-0.25, -0.2) is 19.2 Å². The van der Waals surface area contributed by atoms with E-state index in [1.54, 1.807) is 18.2 Å². The summed E-state index contributed by atoms with van der Waals surface area (Å²) in [6.45, 7) is 0.533. The number of carboxylic acid groups (broad SMARTS) is 1. The van der Waals surface area contributed by atoms with Crippen molar-refractivity contribution >= 4 is 52.7 Å². The second kappa shape index (κ2) is 21.2. The number of hydrogen-bond acceptors (Lipinski definition) is 12. The molecule has 298 valence electrons. The van der Waals surface area contributed by atoms with Gasteiger partial charge < -0.3 is 47.0 Å². The van der Waals surface area contributed by atoms with Crippen molar-refractivity contribution in [3.8, 4) is 11.5 Å². The van der Waals surface area contributed by atoms with Gasteiger partial charge in [-0.1, -0.05) is 31.4 Å². The minimum Gasteiger partial charge on any atom is -0.478 e. The van der Waals surface area contributed by atoms with Crippen LogP contribution in [-0.4, -0.2) is 54.7 Å². The zero-order valence-corrected chi connectivity index (χ0v) is 29.8. The zero-order chi connectivity index (χ0) is 41.3. The average molecular weight is 785 g/mol. The van der Waals surface area contributed by atoms with Gasteiger partial charge in [-0.05, 0) is 97.3 Å². The second-order valence-electron chi connectivity index (χ2n) is 11.9. The second-order valence-corrected chi connectivity index (χ2v) is 11.9. The summed E-state index contributed by atoms with van der Waals surface area (Å²) in [5, 5.41) is 8.52. The first kappa shape index (κ1) is 43.6. The molecule has 0 aliphatic rings. The summed E-state index contributed by atoms with van der Waals surface area (Å²) >= 11 is 0. The Hall–Kier alpha value is -6.78. The fraction of sp³-hybridized carbons (Fsp3) is 0.231. The predicted octanol–water partition coefficient (Wildman–Crippen LogP) is 7.22. The van der Waals surface area contributed by atoms with Crippen molar-refractivity contribution in [1.82, 2.24) is 0 Å². The highest BCUT2D eigenvalue weighted by Gasteiger charge is 2.44. The van der Waals surface area contributed by atoms with E-state index in [1.165, 1.54) is 54.6 Å². The van der Waals surface area contributed by atoms with Gasteiger partial charge >= 0.3 is 36.4 Å². The molecule has 0 amide bonds.